The van der Waals surface area contributed by atoms with Gasteiger partial charge in [0.1, 0.15) is 0 Å². The predicted molar refractivity (Wildman–Crippen MR) is 102 cm³/mol. The minimum absolute atomic E-state index is 0.152. The monoisotopic (exact) mass is 368 g/mol. The molecule has 8 nitrogen and oxygen atoms in total. The zero-order valence-corrected chi connectivity index (χ0v) is 15.1. The molecule has 1 aromatic heterocycles. The highest BCUT2D eigenvalue weighted by atomic mass is 16.5. The molecule has 0 unspecified atom stereocenters. The summed E-state index contributed by atoms with van der Waals surface area (Å²) in [6.07, 6.45) is 6.17. The van der Waals surface area contributed by atoms with E-state index < -0.39 is 5.91 Å². The van der Waals surface area contributed by atoms with E-state index in [4.69, 9.17) is 10.6 Å². The van der Waals surface area contributed by atoms with E-state index in [0.717, 1.165) is 45.6 Å². The number of ether oxygens (including phenoxy) is 1. The van der Waals surface area contributed by atoms with E-state index in [9.17, 15) is 4.79 Å². The highest BCUT2D eigenvalue weighted by Crippen LogP contribution is 2.43. The third-order valence-corrected chi connectivity index (χ3v) is 5.40. The first kappa shape index (κ1) is 17.7. The van der Waals surface area contributed by atoms with Crippen LogP contribution in [-0.4, -0.2) is 42.2 Å². The molecule has 4 N–H and O–H groups in total. The number of hydrogen-bond acceptors (Lipinski definition) is 7. The second-order valence-corrected chi connectivity index (χ2v) is 6.98. The first-order valence-electron chi connectivity index (χ1n) is 9.25. The van der Waals surface area contributed by atoms with Crippen molar-refractivity contribution in [3.63, 3.8) is 0 Å². The number of aromatic nitrogens is 2. The van der Waals surface area contributed by atoms with Gasteiger partial charge in [0.25, 0.3) is 5.91 Å². The predicted octanol–water partition coefficient (Wildman–Crippen LogP) is 1.41. The van der Waals surface area contributed by atoms with E-state index in [1.807, 2.05) is 0 Å². The molecule has 142 valence electrons. The highest BCUT2D eigenvalue weighted by molar-refractivity contribution is 5.93. The van der Waals surface area contributed by atoms with E-state index >= 15 is 0 Å². The number of hydrazine groups is 1. The van der Waals surface area contributed by atoms with Gasteiger partial charge in [-0.2, -0.15) is 0 Å². The fourth-order valence-corrected chi connectivity index (χ4v) is 3.64. The Kier molecular flexibility index (Phi) is 4.91. The van der Waals surface area contributed by atoms with Gasteiger partial charge in [0.2, 0.25) is 5.95 Å². The molecule has 27 heavy (non-hydrogen) atoms. The number of carbonyl (C=O) groups excluding carboxylic acids is 1. The van der Waals surface area contributed by atoms with Crippen molar-refractivity contribution >= 4 is 17.5 Å². The summed E-state index contributed by atoms with van der Waals surface area (Å²) in [6.45, 7) is 3.42. The van der Waals surface area contributed by atoms with Crippen LogP contribution in [0.5, 0.6) is 0 Å². The molecular weight excluding hydrogens is 344 g/mol. The minimum atomic E-state index is -0.404. The van der Waals surface area contributed by atoms with Gasteiger partial charge >= 0.3 is 0 Å². The van der Waals surface area contributed by atoms with Gasteiger partial charge in [-0.05, 0) is 37.0 Å². The molecule has 8 heteroatoms. The molecule has 1 saturated carbocycles. The Morgan fingerprint density at radius 3 is 2.33 bits per heavy atom. The number of amides is 1. The van der Waals surface area contributed by atoms with Crippen LogP contribution in [0.2, 0.25) is 0 Å². The Hall–Kier alpha value is -2.71. The van der Waals surface area contributed by atoms with Crippen LogP contribution in [0.25, 0.3) is 0 Å². The average molecular weight is 368 g/mol. The van der Waals surface area contributed by atoms with Gasteiger partial charge in [-0.15, -0.1) is 0 Å². The second-order valence-electron chi connectivity index (χ2n) is 6.98. The summed E-state index contributed by atoms with van der Waals surface area (Å²) in [5.74, 6) is 5.25. The lowest BCUT2D eigenvalue weighted by Crippen LogP contribution is -2.42. The molecule has 2 aromatic rings. The SMILES string of the molecule is NNC(=O)c1cnc(NC2(c3ccc(N4CCOCC4)cc3)CCC2)nc1. The fraction of sp³-hybridized carbons (Fsp3) is 0.421. The molecule has 1 amide bonds. The largest absolute Gasteiger partial charge is 0.378 e. The number of morpholine rings is 1. The van der Waals surface area contributed by atoms with Crippen LogP contribution in [-0.2, 0) is 10.3 Å². The fourth-order valence-electron chi connectivity index (χ4n) is 3.64. The zero-order valence-electron chi connectivity index (χ0n) is 15.1. The zero-order chi connectivity index (χ0) is 18.7. The van der Waals surface area contributed by atoms with Gasteiger partial charge in [0, 0.05) is 31.2 Å². The number of nitrogens with zero attached hydrogens (tertiary/aromatic N) is 3. The number of nitrogens with two attached hydrogens (primary N) is 1. The van der Waals surface area contributed by atoms with E-state index in [0.29, 0.717) is 11.5 Å². The van der Waals surface area contributed by atoms with Crippen LogP contribution in [0.1, 0.15) is 35.2 Å². The van der Waals surface area contributed by atoms with Gasteiger partial charge in [0.05, 0.1) is 24.3 Å². The van der Waals surface area contributed by atoms with E-state index in [1.165, 1.54) is 23.6 Å². The lowest BCUT2D eigenvalue weighted by molar-refractivity contribution is 0.0953. The molecule has 2 fully saturated rings. The average Bonchev–Trinajstić information content (AvgIpc) is 2.71. The van der Waals surface area contributed by atoms with Crippen molar-refractivity contribution in [1.82, 2.24) is 15.4 Å². The van der Waals surface area contributed by atoms with Gasteiger partial charge in [0.15, 0.2) is 0 Å². The van der Waals surface area contributed by atoms with Crippen molar-refractivity contribution in [1.29, 1.82) is 0 Å². The number of anilines is 2. The molecule has 2 heterocycles. The Morgan fingerprint density at radius 1 is 1.11 bits per heavy atom. The lowest BCUT2D eigenvalue weighted by atomic mass is 9.72. The lowest BCUT2D eigenvalue weighted by Gasteiger charge is -2.43. The Bertz CT molecular complexity index is 783. The Morgan fingerprint density at radius 2 is 1.78 bits per heavy atom. The summed E-state index contributed by atoms with van der Waals surface area (Å²) in [6, 6.07) is 8.73. The molecule has 4 rings (SSSR count). The third kappa shape index (κ3) is 3.58. The van der Waals surface area contributed by atoms with Crippen molar-refractivity contribution in [2.75, 3.05) is 36.5 Å². The Balaban J connectivity index is 1.49. The standard InChI is InChI=1S/C19H24N6O2/c20-24-17(26)14-12-21-18(22-13-14)23-19(6-1-7-19)15-2-4-16(5-3-15)25-8-10-27-11-9-25/h2-5,12-13H,1,6-11,20H2,(H,24,26)(H,21,22,23). The van der Waals surface area contributed by atoms with Crippen LogP contribution in [0.3, 0.4) is 0 Å². The molecule has 1 aliphatic heterocycles. The second kappa shape index (κ2) is 7.50. The third-order valence-electron chi connectivity index (χ3n) is 5.40. The maximum absolute atomic E-state index is 11.5. The molecule has 1 aromatic carbocycles. The molecule has 0 bridgehead atoms. The highest BCUT2D eigenvalue weighted by Gasteiger charge is 2.39. The summed E-state index contributed by atoms with van der Waals surface area (Å²) < 4.78 is 5.42. The van der Waals surface area contributed by atoms with Gasteiger partial charge in [-0.1, -0.05) is 12.1 Å². The maximum Gasteiger partial charge on any atom is 0.268 e. The van der Waals surface area contributed by atoms with Crippen LogP contribution < -0.4 is 21.5 Å². The number of nitrogen functional groups attached to an aromatic ring is 1. The van der Waals surface area contributed by atoms with Gasteiger partial charge in [-0.3, -0.25) is 10.2 Å². The van der Waals surface area contributed by atoms with Crippen molar-refractivity contribution in [2.45, 2.75) is 24.8 Å². The minimum Gasteiger partial charge on any atom is -0.378 e. The van der Waals surface area contributed by atoms with E-state index in [-0.39, 0.29) is 5.54 Å². The molecular formula is C19H24N6O2. The van der Waals surface area contributed by atoms with Crippen molar-refractivity contribution in [2.24, 2.45) is 5.84 Å². The topological polar surface area (TPSA) is 105 Å². The van der Waals surface area contributed by atoms with Crippen LogP contribution >= 0.6 is 0 Å². The van der Waals surface area contributed by atoms with E-state index in [2.05, 4.69) is 49.9 Å². The summed E-state index contributed by atoms with van der Waals surface area (Å²) in [4.78, 5) is 22.4. The first-order chi connectivity index (χ1) is 13.2. The molecule has 0 spiro atoms. The smallest absolute Gasteiger partial charge is 0.268 e. The van der Waals surface area contributed by atoms with E-state index in [1.54, 1.807) is 0 Å². The summed E-state index contributed by atoms with van der Waals surface area (Å²) in [7, 11) is 0. The van der Waals surface area contributed by atoms with Crippen molar-refractivity contribution in [3.8, 4) is 0 Å². The summed E-state index contributed by atoms with van der Waals surface area (Å²) in [5, 5.41) is 3.47. The molecule has 1 saturated heterocycles. The van der Waals surface area contributed by atoms with Crippen LogP contribution in [0, 0.1) is 0 Å². The number of benzene rings is 1. The summed E-state index contributed by atoms with van der Waals surface area (Å²) >= 11 is 0. The van der Waals surface area contributed by atoms with Crippen molar-refractivity contribution in [3.05, 3.63) is 47.8 Å². The Labute approximate surface area is 158 Å². The number of carbonyl (C=O) groups is 1. The van der Waals surface area contributed by atoms with Gasteiger partial charge < -0.3 is 15.0 Å². The maximum atomic E-state index is 11.5. The molecule has 2 aliphatic rings. The molecule has 0 radical (unpaired) electrons. The van der Waals surface area contributed by atoms with Crippen molar-refractivity contribution < 1.29 is 9.53 Å². The summed E-state index contributed by atoms with van der Waals surface area (Å²) in [5.41, 5.74) is 4.72. The number of hydrogen-bond donors (Lipinski definition) is 3. The van der Waals surface area contributed by atoms with Crippen LogP contribution in [0.15, 0.2) is 36.7 Å². The number of rotatable bonds is 5. The molecule has 1 aliphatic carbocycles. The first-order valence-corrected chi connectivity index (χ1v) is 9.25. The normalized spacial score (nSPS) is 18.5. The number of nitrogens with one attached hydrogen (secondary N) is 2. The van der Waals surface area contributed by atoms with Crippen LogP contribution in [0.4, 0.5) is 11.6 Å². The van der Waals surface area contributed by atoms with Gasteiger partial charge in [-0.25, -0.2) is 15.8 Å². The quantitative estimate of drug-likeness (QED) is 0.416. The molecule has 0 atom stereocenters.